The molecule has 2 fully saturated rings. The molecule has 12 heteroatoms. The number of ether oxygens (including phenoxy) is 1. The number of hydrogen-bond donors (Lipinski definition) is 1. The van der Waals surface area contributed by atoms with Crippen molar-refractivity contribution >= 4 is 35.0 Å². The first-order valence-electron chi connectivity index (χ1n) is 14.3. The number of halogens is 3. The first kappa shape index (κ1) is 29.5. The van der Waals surface area contributed by atoms with Crippen LogP contribution in [0.1, 0.15) is 45.5 Å². The van der Waals surface area contributed by atoms with Crippen molar-refractivity contribution in [2.75, 3.05) is 31.1 Å². The highest BCUT2D eigenvalue weighted by Gasteiger charge is 2.40. The van der Waals surface area contributed by atoms with Gasteiger partial charge in [0.1, 0.15) is 30.3 Å². The Morgan fingerprint density at radius 3 is 2.57 bits per heavy atom. The number of fused-ring (bicyclic) bond motifs is 1. The van der Waals surface area contributed by atoms with E-state index in [2.05, 4.69) is 10.2 Å². The van der Waals surface area contributed by atoms with Gasteiger partial charge in [0.25, 0.3) is 5.91 Å². The van der Waals surface area contributed by atoms with Gasteiger partial charge in [-0.3, -0.25) is 24.6 Å². The summed E-state index contributed by atoms with van der Waals surface area (Å²) in [7, 11) is 0. The molecule has 0 aromatic heterocycles. The zero-order valence-electron chi connectivity index (χ0n) is 23.6. The number of anilines is 1. The highest BCUT2D eigenvalue weighted by atomic mass is 35.5. The number of benzene rings is 3. The predicted octanol–water partition coefficient (Wildman–Crippen LogP) is 4.15. The Hall–Kier alpha value is -4.53. The van der Waals surface area contributed by atoms with Gasteiger partial charge in [0, 0.05) is 55.8 Å². The van der Waals surface area contributed by atoms with E-state index in [0.717, 1.165) is 5.56 Å². The molecule has 3 heterocycles. The third-order valence-corrected chi connectivity index (χ3v) is 8.71. The van der Waals surface area contributed by atoms with E-state index in [1.54, 1.807) is 30.3 Å². The summed E-state index contributed by atoms with van der Waals surface area (Å²) in [5.74, 6) is -1.72. The van der Waals surface area contributed by atoms with E-state index >= 15 is 4.39 Å². The fraction of sp³-hybridized carbons (Fsp3) is 0.312. The van der Waals surface area contributed by atoms with Crippen molar-refractivity contribution in [2.24, 2.45) is 0 Å². The van der Waals surface area contributed by atoms with Crippen LogP contribution in [0, 0.1) is 23.0 Å². The second-order valence-electron chi connectivity index (χ2n) is 11.0. The van der Waals surface area contributed by atoms with Crippen LogP contribution in [0.4, 0.5) is 14.5 Å². The topological polar surface area (TPSA) is 106 Å². The molecule has 0 bridgehead atoms. The molecule has 3 aliphatic rings. The van der Waals surface area contributed by atoms with Gasteiger partial charge >= 0.3 is 0 Å². The molecule has 9 nitrogen and oxygen atoms in total. The largest absolute Gasteiger partial charge is 0.488 e. The Labute approximate surface area is 257 Å². The minimum Gasteiger partial charge on any atom is -0.488 e. The van der Waals surface area contributed by atoms with E-state index in [1.807, 2.05) is 17.0 Å². The Morgan fingerprint density at radius 1 is 1.05 bits per heavy atom. The molecule has 6 rings (SSSR count). The van der Waals surface area contributed by atoms with Crippen molar-refractivity contribution in [3.63, 3.8) is 0 Å². The van der Waals surface area contributed by atoms with Gasteiger partial charge in [-0.25, -0.2) is 8.78 Å². The maximum absolute atomic E-state index is 15.1. The van der Waals surface area contributed by atoms with E-state index in [-0.39, 0.29) is 48.4 Å². The number of carbonyl (C=O) groups excluding carboxylic acids is 3. The van der Waals surface area contributed by atoms with E-state index in [1.165, 1.54) is 17.0 Å². The molecule has 0 spiro atoms. The molecule has 3 amide bonds. The molecule has 1 N–H and O–H groups in total. The van der Waals surface area contributed by atoms with Gasteiger partial charge in [-0.2, -0.15) is 5.26 Å². The average molecular weight is 620 g/mol. The van der Waals surface area contributed by atoms with Crippen LogP contribution >= 0.6 is 11.6 Å². The molecule has 0 saturated carbocycles. The van der Waals surface area contributed by atoms with Gasteiger partial charge in [-0.15, -0.1) is 0 Å². The number of carbonyl (C=O) groups is 3. The highest BCUT2D eigenvalue weighted by Crippen LogP contribution is 2.34. The second-order valence-corrected chi connectivity index (χ2v) is 11.4. The van der Waals surface area contributed by atoms with E-state index in [9.17, 15) is 18.8 Å². The number of hydrogen-bond acceptors (Lipinski definition) is 7. The normalized spacial score (nSPS) is 18.7. The monoisotopic (exact) mass is 619 g/mol. The maximum Gasteiger partial charge on any atom is 0.255 e. The third-order valence-electron chi connectivity index (χ3n) is 8.34. The summed E-state index contributed by atoms with van der Waals surface area (Å²) >= 11 is 6.00. The first-order chi connectivity index (χ1) is 21.2. The van der Waals surface area contributed by atoms with Gasteiger partial charge in [-0.1, -0.05) is 29.8 Å². The van der Waals surface area contributed by atoms with Crippen LogP contribution < -0.4 is 15.0 Å². The second kappa shape index (κ2) is 12.2. The lowest BCUT2D eigenvalue weighted by atomic mass is 10.0. The van der Waals surface area contributed by atoms with Gasteiger partial charge in [0.2, 0.25) is 11.8 Å². The van der Waals surface area contributed by atoms with Crippen LogP contribution in [0.3, 0.4) is 0 Å². The standard InChI is InChI=1S/C32H28ClF2N5O4/c33-29-20(15-36)6-7-25(30(29)35)39-12-10-38(11-13-39)16-19-4-5-21(24(34)14-19)18-44-27-3-1-2-22-23(27)17-40(32(22)43)26-8-9-28(41)37-31(26)42/h1-7,14,26H,8-13,16-18H2,(H,37,41,42). The van der Waals surface area contributed by atoms with Crippen LogP contribution in [0.15, 0.2) is 48.5 Å². The number of piperazine rings is 1. The number of piperidine rings is 1. The van der Waals surface area contributed by atoms with Crippen LogP contribution in [-0.2, 0) is 29.3 Å². The zero-order chi connectivity index (χ0) is 31.0. The summed E-state index contributed by atoms with van der Waals surface area (Å²) in [5, 5.41) is 11.2. The first-order valence-corrected chi connectivity index (χ1v) is 14.6. The average Bonchev–Trinajstić information content (AvgIpc) is 3.35. The van der Waals surface area contributed by atoms with E-state index < -0.39 is 23.6 Å². The molecule has 0 radical (unpaired) electrons. The Bertz CT molecular complexity index is 1700. The lowest BCUT2D eigenvalue weighted by Crippen LogP contribution is -2.52. The number of nitrogens with zero attached hydrogens (tertiary/aromatic N) is 4. The fourth-order valence-corrected chi connectivity index (χ4v) is 6.13. The SMILES string of the molecule is N#Cc1ccc(N2CCN(Cc3ccc(COc4cccc5c4CN(C4CCC(=O)NC4=O)C5=O)c(F)c3)CC2)c(F)c1Cl. The molecule has 1 unspecified atom stereocenters. The van der Waals surface area contributed by atoms with Crippen LogP contribution in [-0.4, -0.2) is 59.7 Å². The van der Waals surface area contributed by atoms with Crippen LogP contribution in [0.5, 0.6) is 5.75 Å². The number of amides is 3. The number of nitrogens with one attached hydrogen (secondary N) is 1. The maximum atomic E-state index is 15.1. The predicted molar refractivity (Wildman–Crippen MR) is 157 cm³/mol. The van der Waals surface area contributed by atoms with E-state index in [4.69, 9.17) is 21.6 Å². The highest BCUT2D eigenvalue weighted by molar-refractivity contribution is 6.32. The van der Waals surface area contributed by atoms with Crippen LogP contribution in [0.2, 0.25) is 5.02 Å². The van der Waals surface area contributed by atoms with Gasteiger partial charge in [-0.05, 0) is 42.3 Å². The summed E-state index contributed by atoms with van der Waals surface area (Å²) < 4.78 is 35.8. The zero-order valence-corrected chi connectivity index (χ0v) is 24.4. The van der Waals surface area contributed by atoms with Crippen molar-refractivity contribution in [1.29, 1.82) is 5.26 Å². The van der Waals surface area contributed by atoms with Crippen LogP contribution in [0.25, 0.3) is 0 Å². The molecule has 3 aromatic rings. The van der Waals surface area contributed by atoms with E-state index in [0.29, 0.717) is 60.9 Å². The number of rotatable bonds is 7. The number of nitriles is 1. The smallest absolute Gasteiger partial charge is 0.255 e. The van der Waals surface area contributed by atoms with Crippen molar-refractivity contribution in [3.05, 3.63) is 93.0 Å². The summed E-state index contributed by atoms with van der Waals surface area (Å²) in [5.41, 5.74) is 2.66. The molecule has 2 saturated heterocycles. The van der Waals surface area contributed by atoms with Crippen molar-refractivity contribution in [1.82, 2.24) is 15.1 Å². The fourth-order valence-electron chi connectivity index (χ4n) is 5.93. The molecular formula is C32H28ClF2N5O4. The van der Waals surface area contributed by atoms with Gasteiger partial charge < -0.3 is 14.5 Å². The molecule has 226 valence electrons. The summed E-state index contributed by atoms with van der Waals surface area (Å²) in [6.45, 7) is 3.01. The minimum absolute atomic E-state index is 0.0490. The van der Waals surface area contributed by atoms with Gasteiger partial charge in [0.05, 0.1) is 22.8 Å². The lowest BCUT2D eigenvalue weighted by Gasteiger charge is -2.36. The molecule has 44 heavy (non-hydrogen) atoms. The van der Waals surface area contributed by atoms with Gasteiger partial charge in [0.15, 0.2) is 5.82 Å². The Kier molecular flexibility index (Phi) is 8.21. The molecule has 1 atom stereocenters. The van der Waals surface area contributed by atoms with Crippen molar-refractivity contribution in [3.8, 4) is 11.8 Å². The third kappa shape index (κ3) is 5.70. The molecule has 0 aliphatic carbocycles. The van der Waals surface area contributed by atoms with Crippen molar-refractivity contribution < 1.29 is 27.9 Å². The number of imide groups is 1. The lowest BCUT2D eigenvalue weighted by molar-refractivity contribution is -0.136. The Balaban J connectivity index is 1.05. The molecular weight excluding hydrogens is 592 g/mol. The molecule has 3 aromatic carbocycles. The summed E-state index contributed by atoms with van der Waals surface area (Å²) in [6.07, 6.45) is 0.428. The Morgan fingerprint density at radius 2 is 1.84 bits per heavy atom. The summed E-state index contributed by atoms with van der Waals surface area (Å²) in [4.78, 5) is 42.4. The summed E-state index contributed by atoms with van der Waals surface area (Å²) in [6, 6.07) is 14.3. The quantitative estimate of drug-likeness (QED) is 0.396. The van der Waals surface area contributed by atoms with Crippen molar-refractivity contribution in [2.45, 2.75) is 38.6 Å². The molecule has 3 aliphatic heterocycles. The minimum atomic E-state index is -0.732.